The SMILES string of the molecule is CCCCCCCCCCCCCCCCNC(C)N(CC)CCCNCl. The molecule has 164 valence electrons. The molecule has 0 rings (SSSR count). The predicted molar refractivity (Wildman–Crippen MR) is 123 cm³/mol. The summed E-state index contributed by atoms with van der Waals surface area (Å²) in [6.07, 6.45) is 21.5. The van der Waals surface area contributed by atoms with E-state index >= 15 is 0 Å². The molecule has 0 aromatic carbocycles. The Hall–Kier alpha value is 0.170. The second-order valence-electron chi connectivity index (χ2n) is 8.09. The maximum Gasteiger partial charge on any atom is 0.0567 e. The van der Waals surface area contributed by atoms with E-state index in [4.69, 9.17) is 11.8 Å². The van der Waals surface area contributed by atoms with Crippen molar-refractivity contribution in [1.82, 2.24) is 15.1 Å². The van der Waals surface area contributed by atoms with Gasteiger partial charge in [0.05, 0.1) is 6.17 Å². The van der Waals surface area contributed by atoms with E-state index < -0.39 is 0 Å². The van der Waals surface area contributed by atoms with Crippen LogP contribution in [-0.2, 0) is 0 Å². The molecular formula is C23H50ClN3. The average molecular weight is 404 g/mol. The van der Waals surface area contributed by atoms with Gasteiger partial charge in [-0.2, -0.15) is 0 Å². The van der Waals surface area contributed by atoms with Crippen LogP contribution in [-0.4, -0.2) is 37.2 Å². The van der Waals surface area contributed by atoms with Crippen molar-refractivity contribution >= 4 is 11.8 Å². The molecule has 0 fully saturated rings. The largest absolute Gasteiger partial charge is 0.302 e. The van der Waals surface area contributed by atoms with Gasteiger partial charge < -0.3 is 5.32 Å². The summed E-state index contributed by atoms with van der Waals surface area (Å²) in [5.74, 6) is 0. The highest BCUT2D eigenvalue weighted by molar-refractivity contribution is 6.13. The molecule has 0 amide bonds. The van der Waals surface area contributed by atoms with Crippen molar-refractivity contribution in [3.05, 3.63) is 0 Å². The minimum absolute atomic E-state index is 0.465. The summed E-state index contributed by atoms with van der Waals surface area (Å²) < 4.78 is 0. The second kappa shape index (κ2) is 22.5. The number of hydrogen-bond donors (Lipinski definition) is 2. The first-order valence-electron chi connectivity index (χ1n) is 12.1. The van der Waals surface area contributed by atoms with E-state index in [-0.39, 0.29) is 0 Å². The average Bonchev–Trinajstić information content (AvgIpc) is 2.68. The van der Waals surface area contributed by atoms with Crippen molar-refractivity contribution < 1.29 is 0 Å². The first kappa shape index (κ1) is 27.2. The molecule has 0 aliphatic rings. The van der Waals surface area contributed by atoms with E-state index in [0.29, 0.717) is 6.17 Å². The molecule has 0 saturated carbocycles. The maximum absolute atomic E-state index is 5.53. The van der Waals surface area contributed by atoms with Gasteiger partial charge in [0.1, 0.15) is 0 Å². The third-order valence-corrected chi connectivity index (χ3v) is 5.83. The fourth-order valence-electron chi connectivity index (χ4n) is 3.73. The standard InChI is InChI=1S/C23H50ClN3/c1-4-6-7-8-9-10-11-12-13-14-15-16-17-18-20-25-23(3)27(5-2)22-19-21-26-24/h23,25-26H,4-22H2,1-3H3. The molecule has 1 unspecified atom stereocenters. The van der Waals surface area contributed by atoms with Crippen LogP contribution >= 0.6 is 11.8 Å². The fraction of sp³-hybridized carbons (Fsp3) is 1.00. The molecule has 4 heteroatoms. The Kier molecular flexibility index (Phi) is 22.6. The van der Waals surface area contributed by atoms with Crippen molar-refractivity contribution in [3.63, 3.8) is 0 Å². The minimum Gasteiger partial charge on any atom is -0.302 e. The zero-order chi connectivity index (χ0) is 20.0. The number of hydrogen-bond acceptors (Lipinski definition) is 3. The van der Waals surface area contributed by atoms with Crippen LogP contribution in [0.5, 0.6) is 0 Å². The Morgan fingerprint density at radius 3 is 1.59 bits per heavy atom. The zero-order valence-corrected chi connectivity index (χ0v) is 19.6. The van der Waals surface area contributed by atoms with Crippen LogP contribution in [0.3, 0.4) is 0 Å². The van der Waals surface area contributed by atoms with Crippen LogP contribution in [0.15, 0.2) is 0 Å². The maximum atomic E-state index is 5.53. The molecule has 0 bridgehead atoms. The lowest BCUT2D eigenvalue weighted by molar-refractivity contribution is 0.185. The van der Waals surface area contributed by atoms with Crippen molar-refractivity contribution in [2.45, 2.75) is 123 Å². The molecule has 0 radical (unpaired) electrons. The molecule has 0 spiro atoms. The van der Waals surface area contributed by atoms with Gasteiger partial charge in [-0.1, -0.05) is 97.3 Å². The summed E-state index contributed by atoms with van der Waals surface area (Å²) in [7, 11) is 0. The molecule has 3 nitrogen and oxygen atoms in total. The van der Waals surface area contributed by atoms with Gasteiger partial charge >= 0.3 is 0 Å². The third kappa shape index (κ3) is 19.3. The lowest BCUT2D eigenvalue weighted by Crippen LogP contribution is -2.44. The number of nitrogens with one attached hydrogen (secondary N) is 2. The van der Waals surface area contributed by atoms with Gasteiger partial charge in [-0.3, -0.25) is 4.90 Å². The van der Waals surface area contributed by atoms with Crippen molar-refractivity contribution in [3.8, 4) is 0 Å². The van der Waals surface area contributed by atoms with Gasteiger partial charge in [-0.05, 0) is 44.6 Å². The smallest absolute Gasteiger partial charge is 0.0567 e. The summed E-state index contributed by atoms with van der Waals surface area (Å²) in [4.78, 5) is 5.20. The van der Waals surface area contributed by atoms with Crippen LogP contribution in [0, 0.1) is 0 Å². The molecule has 0 heterocycles. The highest BCUT2D eigenvalue weighted by Gasteiger charge is 2.10. The normalized spacial score (nSPS) is 12.8. The molecule has 0 aliphatic heterocycles. The van der Waals surface area contributed by atoms with Gasteiger partial charge in [0.15, 0.2) is 0 Å². The highest BCUT2D eigenvalue weighted by Crippen LogP contribution is 2.12. The Labute approximate surface area is 176 Å². The van der Waals surface area contributed by atoms with E-state index in [1.54, 1.807) is 0 Å². The van der Waals surface area contributed by atoms with Crippen molar-refractivity contribution in [2.75, 3.05) is 26.2 Å². The topological polar surface area (TPSA) is 27.3 Å². The molecule has 0 aromatic rings. The first-order valence-corrected chi connectivity index (χ1v) is 12.4. The monoisotopic (exact) mass is 403 g/mol. The molecule has 27 heavy (non-hydrogen) atoms. The second-order valence-corrected chi connectivity index (χ2v) is 8.36. The zero-order valence-electron chi connectivity index (χ0n) is 18.8. The summed E-state index contributed by atoms with van der Waals surface area (Å²) in [6.45, 7) is 11.0. The lowest BCUT2D eigenvalue weighted by atomic mass is 10.0. The van der Waals surface area contributed by atoms with Crippen LogP contribution in [0.25, 0.3) is 0 Å². The number of unbranched alkanes of at least 4 members (excludes halogenated alkanes) is 13. The van der Waals surface area contributed by atoms with E-state index in [1.807, 2.05) is 0 Å². The van der Waals surface area contributed by atoms with Crippen LogP contribution in [0.2, 0.25) is 0 Å². The van der Waals surface area contributed by atoms with E-state index in [1.165, 1.54) is 89.9 Å². The van der Waals surface area contributed by atoms with Crippen molar-refractivity contribution in [2.24, 2.45) is 0 Å². The molecule has 1 atom stereocenters. The van der Waals surface area contributed by atoms with Crippen LogP contribution in [0.4, 0.5) is 0 Å². The molecule has 0 aliphatic carbocycles. The number of nitrogens with zero attached hydrogens (tertiary/aromatic N) is 1. The summed E-state index contributed by atoms with van der Waals surface area (Å²) in [6, 6.07) is 0. The molecule has 0 aromatic heterocycles. The van der Waals surface area contributed by atoms with Gasteiger partial charge in [0, 0.05) is 13.1 Å². The van der Waals surface area contributed by atoms with Crippen molar-refractivity contribution in [1.29, 1.82) is 0 Å². The number of rotatable bonds is 22. The fourth-order valence-corrected chi connectivity index (χ4v) is 3.87. The Bertz CT molecular complexity index is 276. The van der Waals surface area contributed by atoms with Gasteiger partial charge in [0.25, 0.3) is 0 Å². The third-order valence-electron chi connectivity index (χ3n) is 5.64. The van der Waals surface area contributed by atoms with Crippen LogP contribution in [0.1, 0.15) is 117 Å². The Balaban J connectivity index is 3.29. The summed E-state index contributed by atoms with van der Waals surface area (Å²) >= 11 is 5.53. The molecule has 0 saturated heterocycles. The Morgan fingerprint density at radius 2 is 1.15 bits per heavy atom. The Morgan fingerprint density at radius 1 is 0.667 bits per heavy atom. The van der Waals surface area contributed by atoms with Gasteiger partial charge in [0.2, 0.25) is 0 Å². The molecular weight excluding hydrogens is 354 g/mol. The molecule has 2 N–H and O–H groups in total. The highest BCUT2D eigenvalue weighted by atomic mass is 35.5. The first-order chi connectivity index (χ1) is 13.3. The van der Waals surface area contributed by atoms with Gasteiger partial charge in [-0.25, -0.2) is 4.84 Å². The predicted octanol–water partition coefficient (Wildman–Crippen LogP) is 6.86. The van der Waals surface area contributed by atoms with E-state index in [0.717, 1.165) is 32.6 Å². The van der Waals surface area contributed by atoms with E-state index in [2.05, 4.69) is 35.8 Å². The lowest BCUT2D eigenvalue weighted by Gasteiger charge is -2.28. The summed E-state index contributed by atoms with van der Waals surface area (Å²) in [5, 5.41) is 3.68. The van der Waals surface area contributed by atoms with E-state index in [9.17, 15) is 0 Å². The number of halogens is 1. The summed E-state index contributed by atoms with van der Waals surface area (Å²) in [5.41, 5.74) is 0. The minimum atomic E-state index is 0.465. The quantitative estimate of drug-likeness (QED) is 0.117. The van der Waals surface area contributed by atoms with Gasteiger partial charge in [-0.15, -0.1) is 0 Å². The van der Waals surface area contributed by atoms with Crippen LogP contribution < -0.4 is 10.2 Å².